The molecule has 12 nitrogen and oxygen atoms in total. The summed E-state index contributed by atoms with van der Waals surface area (Å²) < 4.78 is 7.41. The zero-order valence-electron chi connectivity index (χ0n) is 24.7. The first kappa shape index (κ1) is 28.4. The fraction of sp³-hybridized carbons (Fsp3) is 0.433. The van der Waals surface area contributed by atoms with Crippen LogP contribution in [0.3, 0.4) is 0 Å². The second kappa shape index (κ2) is 10.5. The molecule has 1 N–H and O–H groups in total. The Balaban J connectivity index is 1.29. The molecular weight excluding hydrogens is 564 g/mol. The van der Waals surface area contributed by atoms with Gasteiger partial charge < -0.3 is 15.0 Å². The summed E-state index contributed by atoms with van der Waals surface area (Å²) in [7, 11) is 0. The summed E-state index contributed by atoms with van der Waals surface area (Å²) in [5.41, 5.74) is 2.68. The number of anilines is 2. The van der Waals surface area contributed by atoms with Crippen LogP contribution in [0.2, 0.25) is 0 Å². The number of ether oxygens (including phenoxy) is 1. The van der Waals surface area contributed by atoms with Gasteiger partial charge in [-0.2, -0.15) is 15.6 Å². The highest BCUT2D eigenvalue weighted by Gasteiger charge is 2.45. The number of nitrogens with zero attached hydrogens (tertiary/aromatic N) is 9. The van der Waals surface area contributed by atoms with E-state index in [-0.39, 0.29) is 18.2 Å². The van der Waals surface area contributed by atoms with E-state index in [1.807, 2.05) is 43.9 Å². The normalized spacial score (nSPS) is 18.4. The van der Waals surface area contributed by atoms with Crippen molar-refractivity contribution in [2.24, 2.45) is 0 Å². The maximum Gasteiger partial charge on any atom is 0.410 e. The quantitative estimate of drug-likeness (QED) is 0.330. The third-order valence-corrected chi connectivity index (χ3v) is 8.54. The molecule has 0 aliphatic carbocycles. The number of aromatic nitrogens is 5. The van der Waals surface area contributed by atoms with Crippen LogP contribution in [0, 0.1) is 22.7 Å². The minimum absolute atomic E-state index is 0.0604. The molecule has 2 saturated heterocycles. The summed E-state index contributed by atoms with van der Waals surface area (Å²) in [6, 6.07) is 12.0. The summed E-state index contributed by atoms with van der Waals surface area (Å²) in [6.07, 6.45) is 4.86. The van der Waals surface area contributed by atoms with Crippen LogP contribution in [0.1, 0.15) is 53.0 Å². The van der Waals surface area contributed by atoms with Gasteiger partial charge in [-0.3, -0.25) is 9.88 Å². The Hall–Kier alpha value is -4.75. The van der Waals surface area contributed by atoms with Crippen molar-refractivity contribution in [2.75, 3.05) is 23.3 Å². The number of rotatable bonds is 5. The number of amides is 1. The van der Waals surface area contributed by atoms with Gasteiger partial charge in [0, 0.05) is 25.0 Å². The average molecular weight is 597 g/mol. The van der Waals surface area contributed by atoms with E-state index < -0.39 is 11.1 Å². The lowest BCUT2D eigenvalue weighted by Crippen LogP contribution is -2.56. The maximum atomic E-state index is 12.9. The first-order valence-corrected chi connectivity index (χ1v) is 14.9. The Kier molecular flexibility index (Phi) is 6.93. The van der Waals surface area contributed by atoms with Crippen molar-refractivity contribution in [1.82, 2.24) is 29.7 Å². The minimum Gasteiger partial charge on any atom is -0.444 e. The Morgan fingerprint density at radius 1 is 1.07 bits per heavy atom. The molecule has 4 aromatic heterocycles. The smallest absolute Gasteiger partial charge is 0.410 e. The molecule has 13 heteroatoms. The van der Waals surface area contributed by atoms with Crippen molar-refractivity contribution in [2.45, 2.75) is 70.7 Å². The number of fused-ring (bicyclic) bond motifs is 3. The molecule has 6 rings (SSSR count). The van der Waals surface area contributed by atoms with Crippen LogP contribution in [0.15, 0.2) is 36.7 Å². The zero-order valence-corrected chi connectivity index (χ0v) is 25.5. The summed E-state index contributed by atoms with van der Waals surface area (Å²) in [5.74, 6) is 0. The topological polar surface area (TPSA) is 148 Å². The third kappa shape index (κ3) is 5.56. The van der Waals surface area contributed by atoms with E-state index >= 15 is 0 Å². The van der Waals surface area contributed by atoms with Gasteiger partial charge >= 0.3 is 6.09 Å². The molecule has 0 saturated carbocycles. The summed E-state index contributed by atoms with van der Waals surface area (Å²) >= 11 is 1.46. The molecule has 6 heterocycles. The molecule has 1 amide bonds. The van der Waals surface area contributed by atoms with Crippen molar-refractivity contribution in [1.29, 1.82) is 10.5 Å². The number of pyridine rings is 1. The predicted molar refractivity (Wildman–Crippen MR) is 162 cm³/mol. The van der Waals surface area contributed by atoms with Gasteiger partial charge in [0.2, 0.25) is 5.13 Å². The fourth-order valence-corrected chi connectivity index (χ4v) is 6.50. The first-order chi connectivity index (χ1) is 20.4. The van der Waals surface area contributed by atoms with Crippen molar-refractivity contribution in [3.05, 3.63) is 42.2 Å². The van der Waals surface area contributed by atoms with Crippen LogP contribution < -0.4 is 10.2 Å². The Morgan fingerprint density at radius 3 is 2.49 bits per heavy atom. The van der Waals surface area contributed by atoms with Gasteiger partial charge in [-0.1, -0.05) is 11.3 Å². The lowest BCUT2D eigenvalue weighted by molar-refractivity contribution is 0.0123. The highest BCUT2D eigenvalue weighted by molar-refractivity contribution is 7.18. The van der Waals surface area contributed by atoms with Crippen LogP contribution in [0.4, 0.5) is 15.6 Å². The van der Waals surface area contributed by atoms with Gasteiger partial charge in [0.15, 0.2) is 5.01 Å². The molecule has 0 aromatic carbocycles. The number of piperazine rings is 1. The Bertz CT molecular complexity index is 1780. The highest BCUT2D eigenvalue weighted by Crippen LogP contribution is 2.39. The molecule has 220 valence electrons. The van der Waals surface area contributed by atoms with E-state index in [9.17, 15) is 15.3 Å². The van der Waals surface area contributed by atoms with Gasteiger partial charge in [-0.25, -0.2) is 9.31 Å². The molecule has 43 heavy (non-hydrogen) atoms. The Labute approximate surface area is 253 Å². The van der Waals surface area contributed by atoms with Crippen LogP contribution in [-0.4, -0.2) is 72.1 Å². The third-order valence-electron chi connectivity index (χ3n) is 7.52. The average Bonchev–Trinajstić information content (AvgIpc) is 3.68. The molecule has 4 aromatic rings. The van der Waals surface area contributed by atoms with E-state index in [0.29, 0.717) is 35.0 Å². The monoisotopic (exact) mass is 596 g/mol. The summed E-state index contributed by atoms with van der Waals surface area (Å²) in [5, 5.41) is 37.3. The van der Waals surface area contributed by atoms with Crippen molar-refractivity contribution < 1.29 is 9.53 Å². The van der Waals surface area contributed by atoms with Gasteiger partial charge in [0.05, 0.1) is 52.4 Å². The number of nitrogens with one attached hydrogen (secondary N) is 1. The van der Waals surface area contributed by atoms with E-state index in [1.54, 1.807) is 30.6 Å². The van der Waals surface area contributed by atoms with Gasteiger partial charge in [-0.05, 0) is 71.7 Å². The standard InChI is InChI=1S/C30H32N10O2S/c1-29(2,3)42-28(41)39-20-6-7-21(39)16-38(15-20)27-37-36-26(43-27)22-14-33-24(11-23(22)35-30(4,5)17-32)25-9-8-19-10-18(12-31)13-34-40(19)25/h8-11,13-14,20-21H,6-7,15-16H2,1-5H3,(H,33,35). The molecule has 2 aliphatic rings. The second-order valence-corrected chi connectivity index (χ2v) is 13.4. The van der Waals surface area contributed by atoms with Crippen LogP contribution in [0.25, 0.3) is 27.5 Å². The van der Waals surface area contributed by atoms with E-state index in [0.717, 1.165) is 34.7 Å². The van der Waals surface area contributed by atoms with E-state index in [2.05, 4.69) is 37.7 Å². The lowest BCUT2D eigenvalue weighted by Gasteiger charge is -2.41. The van der Waals surface area contributed by atoms with E-state index in [1.165, 1.54) is 17.5 Å². The largest absolute Gasteiger partial charge is 0.444 e. The molecule has 2 aliphatic heterocycles. The SMILES string of the molecule is CC(C)(C#N)Nc1cc(-c2ccc3cc(C#N)cnn23)ncc1-c1nnc(N2CC3CCC(C2)N3C(=O)OC(C)(C)C)s1. The molecule has 0 spiro atoms. The molecule has 0 radical (unpaired) electrons. The molecule has 2 fully saturated rings. The van der Waals surface area contributed by atoms with Crippen molar-refractivity contribution in [3.8, 4) is 34.1 Å². The zero-order chi connectivity index (χ0) is 30.5. The molecule has 2 unspecified atom stereocenters. The molecular formula is C30H32N10O2S. The van der Waals surface area contributed by atoms with Crippen LogP contribution in [0.5, 0.6) is 0 Å². The lowest BCUT2D eigenvalue weighted by atomic mass is 10.1. The number of hydrogen-bond donors (Lipinski definition) is 1. The first-order valence-electron chi connectivity index (χ1n) is 14.1. The maximum absolute atomic E-state index is 12.9. The van der Waals surface area contributed by atoms with Gasteiger partial charge in [-0.15, -0.1) is 10.2 Å². The second-order valence-electron chi connectivity index (χ2n) is 12.5. The fourth-order valence-electron chi connectivity index (χ4n) is 5.61. The van der Waals surface area contributed by atoms with Crippen LogP contribution >= 0.6 is 11.3 Å². The summed E-state index contributed by atoms with van der Waals surface area (Å²) in [6.45, 7) is 10.6. The van der Waals surface area contributed by atoms with Crippen LogP contribution in [-0.2, 0) is 4.74 Å². The number of nitriles is 2. The molecule has 2 atom stereocenters. The number of hydrogen-bond acceptors (Lipinski definition) is 11. The highest BCUT2D eigenvalue weighted by atomic mass is 32.1. The minimum atomic E-state index is -0.862. The van der Waals surface area contributed by atoms with Gasteiger partial charge in [0.25, 0.3) is 0 Å². The predicted octanol–water partition coefficient (Wildman–Crippen LogP) is 5.09. The number of carbonyl (C=O) groups is 1. The van der Waals surface area contributed by atoms with Crippen molar-refractivity contribution in [3.63, 3.8) is 0 Å². The van der Waals surface area contributed by atoms with E-state index in [4.69, 9.17) is 9.72 Å². The van der Waals surface area contributed by atoms with Gasteiger partial charge in [0.1, 0.15) is 17.2 Å². The van der Waals surface area contributed by atoms with Crippen molar-refractivity contribution >= 4 is 33.8 Å². The molecule has 2 bridgehead atoms. The number of carbonyl (C=O) groups excluding carboxylic acids is 1. The Morgan fingerprint density at radius 2 is 1.81 bits per heavy atom. The summed E-state index contributed by atoms with van der Waals surface area (Å²) in [4.78, 5) is 21.7.